The van der Waals surface area contributed by atoms with Gasteiger partial charge >= 0.3 is 0 Å². The van der Waals surface area contributed by atoms with Crippen molar-refractivity contribution in [2.24, 2.45) is 5.73 Å². The van der Waals surface area contributed by atoms with Crippen molar-refractivity contribution in [1.82, 2.24) is 4.90 Å². The lowest BCUT2D eigenvalue weighted by atomic mass is 10.0. The Hall–Kier alpha value is -1.32. The van der Waals surface area contributed by atoms with Gasteiger partial charge < -0.3 is 15.1 Å². The van der Waals surface area contributed by atoms with E-state index < -0.39 is 0 Å². The standard InChI is InChI=1S/C15H22N2O/c1-15(2,16)8-9-17(3)10-12-11-18-14-7-5-4-6-13(12)14/h4-7,11H,8-10,16H2,1-3H3. The lowest BCUT2D eigenvalue weighted by Crippen LogP contribution is -2.36. The lowest BCUT2D eigenvalue weighted by molar-refractivity contribution is 0.289. The summed E-state index contributed by atoms with van der Waals surface area (Å²) in [5, 5.41) is 1.20. The first-order valence-electron chi connectivity index (χ1n) is 6.38. The van der Waals surface area contributed by atoms with Crippen LogP contribution >= 0.6 is 0 Å². The zero-order valence-corrected chi connectivity index (χ0v) is 11.4. The van der Waals surface area contributed by atoms with Crippen LogP contribution < -0.4 is 5.73 Å². The van der Waals surface area contributed by atoms with Gasteiger partial charge in [0.15, 0.2) is 0 Å². The largest absolute Gasteiger partial charge is 0.464 e. The fourth-order valence-corrected chi connectivity index (χ4v) is 2.00. The monoisotopic (exact) mass is 246 g/mol. The highest BCUT2D eigenvalue weighted by Crippen LogP contribution is 2.21. The molecule has 0 spiro atoms. The van der Waals surface area contributed by atoms with Gasteiger partial charge in [-0.1, -0.05) is 18.2 Å². The van der Waals surface area contributed by atoms with Gasteiger partial charge in [-0.3, -0.25) is 0 Å². The fourth-order valence-electron chi connectivity index (χ4n) is 2.00. The first-order chi connectivity index (χ1) is 8.46. The normalized spacial score (nSPS) is 12.5. The summed E-state index contributed by atoms with van der Waals surface area (Å²) in [5.41, 5.74) is 8.10. The number of nitrogens with zero attached hydrogens (tertiary/aromatic N) is 1. The first-order valence-corrected chi connectivity index (χ1v) is 6.38. The highest BCUT2D eigenvalue weighted by Gasteiger charge is 2.13. The van der Waals surface area contributed by atoms with Crippen molar-refractivity contribution in [2.75, 3.05) is 13.6 Å². The minimum Gasteiger partial charge on any atom is -0.464 e. The minimum absolute atomic E-state index is 0.104. The minimum atomic E-state index is -0.104. The van der Waals surface area contributed by atoms with E-state index >= 15 is 0 Å². The third kappa shape index (κ3) is 3.34. The molecule has 0 radical (unpaired) electrons. The molecular weight excluding hydrogens is 224 g/mol. The number of furan rings is 1. The van der Waals surface area contributed by atoms with E-state index in [9.17, 15) is 0 Å². The second-order valence-electron chi connectivity index (χ2n) is 5.73. The zero-order chi connectivity index (χ0) is 13.2. The number of para-hydroxylation sites is 1. The molecule has 0 aliphatic heterocycles. The topological polar surface area (TPSA) is 42.4 Å². The van der Waals surface area contributed by atoms with Gasteiger partial charge in [0.1, 0.15) is 5.58 Å². The molecule has 0 fully saturated rings. The smallest absolute Gasteiger partial charge is 0.134 e. The Labute approximate surface area is 109 Å². The van der Waals surface area contributed by atoms with Gasteiger partial charge in [0, 0.05) is 23.0 Å². The van der Waals surface area contributed by atoms with Crippen LogP contribution in [0.3, 0.4) is 0 Å². The summed E-state index contributed by atoms with van der Waals surface area (Å²) in [4.78, 5) is 2.28. The van der Waals surface area contributed by atoms with E-state index in [2.05, 4.69) is 31.9 Å². The van der Waals surface area contributed by atoms with Gasteiger partial charge in [0.2, 0.25) is 0 Å². The number of hydrogen-bond donors (Lipinski definition) is 1. The van der Waals surface area contributed by atoms with Gasteiger partial charge in [-0.2, -0.15) is 0 Å². The van der Waals surface area contributed by atoms with Crippen LogP contribution in [-0.4, -0.2) is 24.0 Å². The van der Waals surface area contributed by atoms with E-state index in [1.807, 2.05) is 24.5 Å². The summed E-state index contributed by atoms with van der Waals surface area (Å²) in [6.45, 7) is 6.01. The predicted octanol–water partition coefficient (Wildman–Crippen LogP) is 2.99. The number of nitrogens with two attached hydrogens (primary N) is 1. The number of fused-ring (bicyclic) bond motifs is 1. The molecule has 0 aliphatic rings. The van der Waals surface area contributed by atoms with Gasteiger partial charge in [-0.15, -0.1) is 0 Å². The second-order valence-corrected chi connectivity index (χ2v) is 5.73. The van der Waals surface area contributed by atoms with E-state index in [4.69, 9.17) is 10.2 Å². The first kappa shape index (κ1) is 13.1. The van der Waals surface area contributed by atoms with Gasteiger partial charge in [-0.05, 0) is 39.9 Å². The number of rotatable bonds is 5. The summed E-state index contributed by atoms with van der Waals surface area (Å²) >= 11 is 0. The van der Waals surface area contributed by atoms with Gasteiger partial charge in [0.05, 0.1) is 6.26 Å². The molecule has 1 heterocycles. The Morgan fingerprint density at radius 3 is 2.72 bits per heavy atom. The van der Waals surface area contributed by atoms with E-state index in [0.29, 0.717) is 0 Å². The molecule has 98 valence electrons. The molecule has 1 aromatic carbocycles. The molecule has 0 atom stereocenters. The van der Waals surface area contributed by atoms with Crippen LogP contribution in [0.5, 0.6) is 0 Å². The maximum absolute atomic E-state index is 6.00. The van der Waals surface area contributed by atoms with Crippen molar-refractivity contribution in [3.05, 3.63) is 36.1 Å². The van der Waals surface area contributed by atoms with E-state index in [1.54, 1.807) is 0 Å². The molecule has 3 nitrogen and oxygen atoms in total. The zero-order valence-electron chi connectivity index (χ0n) is 11.4. The summed E-state index contributed by atoms with van der Waals surface area (Å²) in [5.74, 6) is 0. The highest BCUT2D eigenvalue weighted by molar-refractivity contribution is 5.80. The number of benzene rings is 1. The van der Waals surface area contributed by atoms with Crippen LogP contribution in [0.15, 0.2) is 34.9 Å². The van der Waals surface area contributed by atoms with Gasteiger partial charge in [-0.25, -0.2) is 0 Å². The molecule has 0 saturated carbocycles. The molecular formula is C15H22N2O. The van der Waals surface area contributed by atoms with Crippen LogP contribution in [0.1, 0.15) is 25.8 Å². The molecule has 0 unspecified atom stereocenters. The molecule has 3 heteroatoms. The summed E-state index contributed by atoms with van der Waals surface area (Å²) in [6, 6.07) is 8.15. The molecule has 0 bridgehead atoms. The van der Waals surface area contributed by atoms with Crippen LogP contribution in [0.4, 0.5) is 0 Å². The molecule has 0 aliphatic carbocycles. The highest BCUT2D eigenvalue weighted by atomic mass is 16.3. The van der Waals surface area contributed by atoms with Crippen molar-refractivity contribution >= 4 is 11.0 Å². The predicted molar refractivity (Wildman–Crippen MR) is 75.4 cm³/mol. The molecule has 1 aromatic heterocycles. The van der Waals surface area contributed by atoms with E-state index in [1.165, 1.54) is 10.9 Å². The Bertz CT molecular complexity index is 510. The molecule has 0 saturated heterocycles. The molecule has 2 aromatic rings. The SMILES string of the molecule is CN(CCC(C)(C)N)Cc1coc2ccccc12. The Morgan fingerprint density at radius 2 is 2.00 bits per heavy atom. The van der Waals surface area contributed by atoms with Crippen molar-refractivity contribution in [2.45, 2.75) is 32.4 Å². The summed E-state index contributed by atoms with van der Waals surface area (Å²) < 4.78 is 5.54. The Morgan fingerprint density at radius 1 is 1.28 bits per heavy atom. The van der Waals surface area contributed by atoms with Crippen molar-refractivity contribution in [3.8, 4) is 0 Å². The van der Waals surface area contributed by atoms with Crippen molar-refractivity contribution in [1.29, 1.82) is 0 Å². The van der Waals surface area contributed by atoms with Gasteiger partial charge in [0.25, 0.3) is 0 Å². The molecule has 2 rings (SSSR count). The molecule has 2 N–H and O–H groups in total. The fraction of sp³-hybridized carbons (Fsp3) is 0.467. The lowest BCUT2D eigenvalue weighted by Gasteiger charge is -2.23. The third-order valence-corrected chi connectivity index (χ3v) is 3.14. The quantitative estimate of drug-likeness (QED) is 0.882. The molecule has 18 heavy (non-hydrogen) atoms. The van der Waals surface area contributed by atoms with E-state index in [-0.39, 0.29) is 5.54 Å². The average molecular weight is 246 g/mol. The summed E-state index contributed by atoms with van der Waals surface area (Å²) in [7, 11) is 2.12. The molecule has 0 amide bonds. The van der Waals surface area contributed by atoms with Crippen LogP contribution in [0, 0.1) is 0 Å². The second kappa shape index (κ2) is 5.12. The van der Waals surface area contributed by atoms with Crippen LogP contribution in [-0.2, 0) is 6.54 Å². The van der Waals surface area contributed by atoms with Crippen LogP contribution in [0.2, 0.25) is 0 Å². The van der Waals surface area contributed by atoms with Crippen molar-refractivity contribution in [3.63, 3.8) is 0 Å². The Kier molecular flexibility index (Phi) is 3.73. The Balaban J connectivity index is 2.01. The summed E-state index contributed by atoms with van der Waals surface area (Å²) in [6.07, 6.45) is 2.84. The average Bonchev–Trinajstić information content (AvgIpc) is 2.70. The maximum atomic E-state index is 6.00. The van der Waals surface area contributed by atoms with E-state index in [0.717, 1.165) is 25.1 Å². The van der Waals surface area contributed by atoms with Crippen molar-refractivity contribution < 1.29 is 4.42 Å². The maximum Gasteiger partial charge on any atom is 0.134 e. The number of hydrogen-bond acceptors (Lipinski definition) is 3. The van der Waals surface area contributed by atoms with Crippen LogP contribution in [0.25, 0.3) is 11.0 Å². The third-order valence-electron chi connectivity index (χ3n) is 3.14.